The number of rotatable bonds is 2. The highest BCUT2D eigenvalue weighted by atomic mass is 16.5. The van der Waals surface area contributed by atoms with Crippen LogP contribution in [-0.4, -0.2) is 16.1 Å². The van der Waals surface area contributed by atoms with Crippen molar-refractivity contribution in [1.82, 2.24) is 4.98 Å². The molecule has 3 rings (SSSR count). The normalized spacial score (nSPS) is 16.8. The first-order valence-corrected chi connectivity index (χ1v) is 6.47. The number of benzene rings is 1. The lowest BCUT2D eigenvalue weighted by atomic mass is 9.70. The van der Waals surface area contributed by atoms with Gasteiger partial charge in [-0.25, -0.2) is 4.98 Å². The molecule has 0 bridgehead atoms. The van der Waals surface area contributed by atoms with E-state index in [0.717, 1.165) is 11.1 Å². The summed E-state index contributed by atoms with van der Waals surface area (Å²) in [6.07, 6.45) is 1.65. The monoisotopic (exact) mass is 269 g/mol. The number of fused-ring (bicyclic) bond motifs is 2. The first kappa shape index (κ1) is 12.7. The second-order valence-corrected chi connectivity index (χ2v) is 5.50. The molecule has 2 aromatic rings. The molecule has 4 heteroatoms. The van der Waals surface area contributed by atoms with Crippen molar-refractivity contribution in [3.63, 3.8) is 0 Å². The number of nitrogens with zero attached hydrogens (tertiary/aromatic N) is 1. The van der Waals surface area contributed by atoms with Crippen LogP contribution in [0.15, 0.2) is 42.6 Å². The molecule has 0 unspecified atom stereocenters. The van der Waals surface area contributed by atoms with Crippen LogP contribution in [0.25, 0.3) is 0 Å². The molecule has 1 atom stereocenters. The van der Waals surface area contributed by atoms with Gasteiger partial charge in [0.05, 0.1) is 5.41 Å². The number of carboxylic acids is 1. The first-order chi connectivity index (χ1) is 9.51. The van der Waals surface area contributed by atoms with Gasteiger partial charge in [-0.3, -0.25) is 4.79 Å². The van der Waals surface area contributed by atoms with Crippen LogP contribution in [0.5, 0.6) is 11.6 Å². The number of hydrogen-bond donors (Lipinski definition) is 1. The maximum atomic E-state index is 11.7. The van der Waals surface area contributed by atoms with Crippen molar-refractivity contribution in [2.45, 2.75) is 19.8 Å². The summed E-state index contributed by atoms with van der Waals surface area (Å²) in [5, 5.41) is 9.58. The Balaban J connectivity index is 2.25. The number of carbonyl (C=O) groups is 1. The van der Waals surface area contributed by atoms with Crippen molar-refractivity contribution in [3.05, 3.63) is 53.7 Å². The molecule has 0 aliphatic carbocycles. The van der Waals surface area contributed by atoms with Crippen molar-refractivity contribution in [2.24, 2.45) is 5.41 Å². The summed E-state index contributed by atoms with van der Waals surface area (Å²) < 4.78 is 5.78. The van der Waals surface area contributed by atoms with Crippen LogP contribution in [0.3, 0.4) is 0 Å². The van der Waals surface area contributed by atoms with Gasteiger partial charge in [0.2, 0.25) is 5.88 Å². The lowest BCUT2D eigenvalue weighted by molar-refractivity contribution is -0.147. The van der Waals surface area contributed by atoms with Crippen molar-refractivity contribution >= 4 is 5.97 Å². The molecule has 1 aliphatic rings. The number of carboxylic acid groups (broad SMARTS) is 1. The molecule has 0 amide bonds. The molecule has 20 heavy (non-hydrogen) atoms. The van der Waals surface area contributed by atoms with Gasteiger partial charge in [0.25, 0.3) is 0 Å². The standard InChI is InChI=1S/C16H15NO3/c1-16(2,15(18)19)13-10-6-3-4-8-12(10)20-14-11(13)7-5-9-17-14/h3-9,13H,1-2H3,(H,18,19)/t13-/m1/s1. The number of ether oxygens (including phenoxy) is 1. The minimum Gasteiger partial charge on any atom is -0.481 e. The molecule has 4 nitrogen and oxygen atoms in total. The fourth-order valence-electron chi connectivity index (χ4n) is 2.69. The van der Waals surface area contributed by atoms with Gasteiger partial charge in [-0.15, -0.1) is 0 Å². The fourth-order valence-corrected chi connectivity index (χ4v) is 2.69. The van der Waals surface area contributed by atoms with E-state index in [9.17, 15) is 9.90 Å². The maximum absolute atomic E-state index is 11.7. The fraction of sp³-hybridized carbons (Fsp3) is 0.250. The van der Waals surface area contributed by atoms with Crippen LogP contribution in [0.1, 0.15) is 30.9 Å². The van der Waals surface area contributed by atoms with E-state index in [4.69, 9.17) is 4.74 Å². The molecule has 0 spiro atoms. The van der Waals surface area contributed by atoms with Crippen LogP contribution in [0, 0.1) is 5.41 Å². The Morgan fingerprint density at radius 3 is 2.65 bits per heavy atom. The number of aliphatic carboxylic acids is 1. The summed E-state index contributed by atoms with van der Waals surface area (Å²) in [7, 11) is 0. The van der Waals surface area contributed by atoms with Crippen LogP contribution >= 0.6 is 0 Å². The van der Waals surface area contributed by atoms with E-state index in [-0.39, 0.29) is 5.92 Å². The summed E-state index contributed by atoms with van der Waals surface area (Å²) in [6.45, 7) is 3.47. The Morgan fingerprint density at radius 2 is 1.90 bits per heavy atom. The second kappa shape index (κ2) is 4.34. The lowest BCUT2D eigenvalue weighted by Gasteiger charge is -2.35. The quantitative estimate of drug-likeness (QED) is 0.907. The van der Waals surface area contributed by atoms with Crippen LogP contribution in [0.4, 0.5) is 0 Å². The number of hydrogen-bond acceptors (Lipinski definition) is 3. The highest BCUT2D eigenvalue weighted by molar-refractivity contribution is 5.77. The zero-order chi connectivity index (χ0) is 14.3. The molecule has 0 fully saturated rings. The molecular weight excluding hydrogens is 254 g/mol. The van der Waals surface area contributed by atoms with Crippen LogP contribution < -0.4 is 4.74 Å². The molecule has 2 heterocycles. The zero-order valence-corrected chi connectivity index (χ0v) is 11.3. The van der Waals surface area contributed by atoms with E-state index in [1.54, 1.807) is 26.1 Å². The Bertz CT molecular complexity index is 633. The van der Waals surface area contributed by atoms with Gasteiger partial charge in [0.1, 0.15) is 5.75 Å². The zero-order valence-electron chi connectivity index (χ0n) is 11.3. The van der Waals surface area contributed by atoms with Gasteiger partial charge in [-0.2, -0.15) is 0 Å². The Morgan fingerprint density at radius 1 is 1.20 bits per heavy atom. The number of aromatic nitrogens is 1. The van der Waals surface area contributed by atoms with Crippen LogP contribution in [0.2, 0.25) is 0 Å². The summed E-state index contributed by atoms with van der Waals surface area (Å²) in [6, 6.07) is 11.2. The van der Waals surface area contributed by atoms with Crippen molar-refractivity contribution < 1.29 is 14.6 Å². The molecule has 0 radical (unpaired) electrons. The first-order valence-electron chi connectivity index (χ1n) is 6.47. The third-order valence-corrected chi connectivity index (χ3v) is 3.82. The number of para-hydroxylation sites is 1. The van der Waals surface area contributed by atoms with E-state index >= 15 is 0 Å². The summed E-state index contributed by atoms with van der Waals surface area (Å²) in [4.78, 5) is 15.9. The minimum absolute atomic E-state index is 0.284. The molecular formula is C16H15NO3. The van der Waals surface area contributed by atoms with Gasteiger partial charge in [-0.05, 0) is 26.0 Å². The predicted octanol–water partition coefficient (Wildman–Crippen LogP) is 3.43. The number of pyridine rings is 1. The van der Waals surface area contributed by atoms with E-state index in [0.29, 0.717) is 11.6 Å². The highest BCUT2D eigenvalue weighted by Gasteiger charge is 2.43. The Labute approximate surface area is 117 Å². The molecule has 1 aromatic carbocycles. The average Bonchev–Trinajstić information content (AvgIpc) is 2.44. The predicted molar refractivity (Wildman–Crippen MR) is 74.0 cm³/mol. The minimum atomic E-state index is -0.947. The molecule has 1 aliphatic heterocycles. The van der Waals surface area contributed by atoms with Gasteiger partial charge < -0.3 is 9.84 Å². The third kappa shape index (κ3) is 1.76. The molecule has 102 valence electrons. The van der Waals surface area contributed by atoms with Crippen molar-refractivity contribution in [2.75, 3.05) is 0 Å². The molecule has 0 saturated heterocycles. The van der Waals surface area contributed by atoms with Gasteiger partial charge >= 0.3 is 5.97 Å². The molecule has 1 N–H and O–H groups in total. The van der Waals surface area contributed by atoms with Gasteiger partial charge in [0, 0.05) is 23.2 Å². The van der Waals surface area contributed by atoms with E-state index in [1.807, 2.05) is 30.3 Å². The van der Waals surface area contributed by atoms with Crippen molar-refractivity contribution in [1.29, 1.82) is 0 Å². The Kier molecular flexibility index (Phi) is 2.74. The maximum Gasteiger partial charge on any atom is 0.310 e. The summed E-state index contributed by atoms with van der Waals surface area (Å²) in [5.41, 5.74) is 0.761. The molecule has 1 aromatic heterocycles. The van der Waals surface area contributed by atoms with Crippen molar-refractivity contribution in [3.8, 4) is 11.6 Å². The van der Waals surface area contributed by atoms with Gasteiger partial charge in [-0.1, -0.05) is 24.3 Å². The van der Waals surface area contributed by atoms with Gasteiger partial charge in [0.15, 0.2) is 0 Å². The lowest BCUT2D eigenvalue weighted by Crippen LogP contribution is -2.33. The van der Waals surface area contributed by atoms with Crippen LogP contribution in [-0.2, 0) is 4.79 Å². The van der Waals surface area contributed by atoms with E-state index in [2.05, 4.69) is 4.98 Å². The summed E-state index contributed by atoms with van der Waals surface area (Å²) in [5.74, 6) is 0.0474. The summed E-state index contributed by atoms with van der Waals surface area (Å²) >= 11 is 0. The smallest absolute Gasteiger partial charge is 0.310 e. The third-order valence-electron chi connectivity index (χ3n) is 3.82. The highest BCUT2D eigenvalue weighted by Crippen LogP contribution is 2.50. The van der Waals surface area contributed by atoms with E-state index < -0.39 is 11.4 Å². The second-order valence-electron chi connectivity index (χ2n) is 5.50. The molecule has 0 saturated carbocycles. The average molecular weight is 269 g/mol. The topological polar surface area (TPSA) is 59.4 Å². The van der Waals surface area contributed by atoms with E-state index in [1.165, 1.54) is 0 Å². The SMILES string of the molecule is CC(C)(C(=O)O)[C@@H]1c2ccccc2Oc2ncccc21. The Hall–Kier alpha value is -2.36. The largest absolute Gasteiger partial charge is 0.481 e.